The normalized spacial score (nSPS) is 17.3. The predicted octanol–water partition coefficient (Wildman–Crippen LogP) is 1.69. The van der Waals surface area contributed by atoms with E-state index < -0.39 is 12.0 Å². The fourth-order valence-electron chi connectivity index (χ4n) is 2.12. The highest BCUT2D eigenvalue weighted by molar-refractivity contribution is 5.94. The quantitative estimate of drug-likeness (QED) is 0.768. The lowest BCUT2D eigenvalue weighted by atomic mass is 10.2. The average Bonchev–Trinajstić information content (AvgIpc) is 2.98. The van der Waals surface area contributed by atoms with Gasteiger partial charge in [0.15, 0.2) is 0 Å². The van der Waals surface area contributed by atoms with Crippen molar-refractivity contribution in [3.63, 3.8) is 0 Å². The first kappa shape index (κ1) is 15.1. The Bertz CT molecular complexity index is 526. The van der Waals surface area contributed by atoms with Crippen LogP contribution in [0.15, 0.2) is 18.2 Å². The van der Waals surface area contributed by atoms with E-state index in [0.29, 0.717) is 18.0 Å². The van der Waals surface area contributed by atoms with Gasteiger partial charge in [0, 0.05) is 13.2 Å². The number of anilines is 1. The van der Waals surface area contributed by atoms with Gasteiger partial charge in [0.1, 0.15) is 5.75 Å². The van der Waals surface area contributed by atoms with E-state index in [1.54, 1.807) is 0 Å². The Morgan fingerprint density at radius 2 is 2.29 bits per heavy atom. The fourth-order valence-corrected chi connectivity index (χ4v) is 2.12. The molecule has 1 unspecified atom stereocenters. The molecule has 0 saturated carbocycles. The second-order valence-electron chi connectivity index (χ2n) is 4.69. The number of carbonyl (C=O) groups is 2. The number of rotatable bonds is 5. The molecule has 7 heteroatoms. The number of benzene rings is 1. The van der Waals surface area contributed by atoms with Crippen LogP contribution < -0.4 is 15.4 Å². The van der Waals surface area contributed by atoms with E-state index in [1.165, 1.54) is 25.3 Å². The highest BCUT2D eigenvalue weighted by atomic mass is 16.5. The standard InChI is InChI=1S/C14H18N2O5/c1-20-12-5-4-9(13(17)18)7-11(12)16-14(19)15-8-10-3-2-6-21-10/h4-5,7,10H,2-3,6,8H2,1H3,(H,17,18)(H2,15,16,19). The number of nitrogens with one attached hydrogen (secondary N) is 2. The maximum Gasteiger partial charge on any atom is 0.335 e. The minimum atomic E-state index is -1.07. The summed E-state index contributed by atoms with van der Waals surface area (Å²) in [5.41, 5.74) is 0.382. The molecule has 0 radical (unpaired) electrons. The van der Waals surface area contributed by atoms with Crippen molar-refractivity contribution in [2.75, 3.05) is 25.6 Å². The molecule has 1 fully saturated rings. The Labute approximate surface area is 122 Å². The molecule has 1 atom stereocenters. The number of carbonyl (C=O) groups excluding carboxylic acids is 1. The van der Waals surface area contributed by atoms with Gasteiger partial charge in [-0.15, -0.1) is 0 Å². The van der Waals surface area contributed by atoms with Gasteiger partial charge >= 0.3 is 12.0 Å². The van der Waals surface area contributed by atoms with Gasteiger partial charge in [0.2, 0.25) is 0 Å². The van der Waals surface area contributed by atoms with E-state index >= 15 is 0 Å². The SMILES string of the molecule is COc1ccc(C(=O)O)cc1NC(=O)NCC1CCCO1. The Morgan fingerprint density at radius 3 is 2.90 bits per heavy atom. The minimum absolute atomic E-state index is 0.0444. The van der Waals surface area contributed by atoms with Crippen LogP contribution in [-0.2, 0) is 4.74 Å². The van der Waals surface area contributed by atoms with Crippen LogP contribution in [0.4, 0.5) is 10.5 Å². The zero-order valence-corrected chi connectivity index (χ0v) is 11.7. The van der Waals surface area contributed by atoms with Crippen molar-refractivity contribution in [2.24, 2.45) is 0 Å². The lowest BCUT2D eigenvalue weighted by molar-refractivity contribution is 0.0697. The third-order valence-corrected chi connectivity index (χ3v) is 3.21. The lowest BCUT2D eigenvalue weighted by Crippen LogP contribution is -2.35. The summed E-state index contributed by atoms with van der Waals surface area (Å²) in [5.74, 6) is -0.673. The minimum Gasteiger partial charge on any atom is -0.495 e. The van der Waals surface area contributed by atoms with Gasteiger partial charge < -0.3 is 25.2 Å². The molecular formula is C14H18N2O5. The average molecular weight is 294 g/mol. The molecule has 7 nitrogen and oxygen atoms in total. The molecule has 0 spiro atoms. The van der Waals surface area contributed by atoms with Gasteiger partial charge in [0.25, 0.3) is 0 Å². The summed E-state index contributed by atoms with van der Waals surface area (Å²) in [6, 6.07) is 3.84. The van der Waals surface area contributed by atoms with E-state index in [2.05, 4.69) is 10.6 Å². The highest BCUT2D eigenvalue weighted by Gasteiger charge is 2.17. The summed E-state index contributed by atoms with van der Waals surface area (Å²) in [7, 11) is 1.45. The summed E-state index contributed by atoms with van der Waals surface area (Å²) in [6.07, 6.45) is 1.98. The molecule has 0 aliphatic carbocycles. The zero-order valence-electron chi connectivity index (χ0n) is 11.7. The molecule has 1 saturated heterocycles. The second kappa shape index (κ2) is 6.94. The van der Waals surface area contributed by atoms with Crippen molar-refractivity contribution >= 4 is 17.7 Å². The van der Waals surface area contributed by atoms with Gasteiger partial charge in [0.05, 0.1) is 24.5 Å². The van der Waals surface area contributed by atoms with Crippen LogP contribution in [0.5, 0.6) is 5.75 Å². The summed E-state index contributed by atoms with van der Waals surface area (Å²) in [5, 5.41) is 14.3. The molecule has 3 N–H and O–H groups in total. The van der Waals surface area contributed by atoms with Gasteiger partial charge in [-0.25, -0.2) is 9.59 Å². The molecular weight excluding hydrogens is 276 g/mol. The molecule has 0 aromatic heterocycles. The summed E-state index contributed by atoms with van der Waals surface area (Å²) >= 11 is 0. The van der Waals surface area contributed by atoms with E-state index in [1.807, 2.05) is 0 Å². The molecule has 21 heavy (non-hydrogen) atoms. The van der Waals surface area contributed by atoms with Crippen LogP contribution in [0.2, 0.25) is 0 Å². The summed E-state index contributed by atoms with van der Waals surface area (Å²) in [6.45, 7) is 1.15. The van der Waals surface area contributed by atoms with Gasteiger partial charge in [-0.05, 0) is 31.0 Å². The smallest absolute Gasteiger partial charge is 0.335 e. The number of amides is 2. The van der Waals surface area contributed by atoms with Crippen molar-refractivity contribution in [3.8, 4) is 5.75 Å². The van der Waals surface area contributed by atoms with Crippen molar-refractivity contribution < 1.29 is 24.2 Å². The number of carboxylic acid groups (broad SMARTS) is 1. The zero-order chi connectivity index (χ0) is 15.2. The summed E-state index contributed by atoms with van der Waals surface area (Å²) < 4.78 is 10.5. The van der Waals surface area contributed by atoms with Crippen molar-refractivity contribution in [3.05, 3.63) is 23.8 Å². The van der Waals surface area contributed by atoms with Crippen molar-refractivity contribution in [1.82, 2.24) is 5.32 Å². The number of methoxy groups -OCH3 is 1. The van der Waals surface area contributed by atoms with Crippen LogP contribution in [0.3, 0.4) is 0 Å². The maximum atomic E-state index is 11.8. The number of ether oxygens (including phenoxy) is 2. The number of urea groups is 1. The highest BCUT2D eigenvalue weighted by Crippen LogP contribution is 2.25. The molecule has 1 aromatic rings. The molecule has 1 aromatic carbocycles. The van der Waals surface area contributed by atoms with Gasteiger partial charge in [-0.3, -0.25) is 0 Å². The van der Waals surface area contributed by atoms with E-state index in [0.717, 1.165) is 19.4 Å². The topological polar surface area (TPSA) is 96.9 Å². The van der Waals surface area contributed by atoms with E-state index in [9.17, 15) is 9.59 Å². The molecule has 2 rings (SSSR count). The molecule has 0 bridgehead atoms. The van der Waals surface area contributed by atoms with Gasteiger partial charge in [-0.1, -0.05) is 0 Å². The third kappa shape index (κ3) is 4.09. The number of hydrogen-bond donors (Lipinski definition) is 3. The Morgan fingerprint density at radius 1 is 1.48 bits per heavy atom. The van der Waals surface area contributed by atoms with Crippen LogP contribution in [-0.4, -0.2) is 43.5 Å². The second-order valence-corrected chi connectivity index (χ2v) is 4.69. The molecule has 1 aliphatic rings. The van der Waals surface area contributed by atoms with E-state index in [4.69, 9.17) is 14.6 Å². The number of aromatic carboxylic acids is 1. The molecule has 114 valence electrons. The van der Waals surface area contributed by atoms with Crippen LogP contribution in [0.25, 0.3) is 0 Å². The Hall–Kier alpha value is -2.28. The first-order valence-corrected chi connectivity index (χ1v) is 6.68. The largest absolute Gasteiger partial charge is 0.495 e. The Kier molecular flexibility index (Phi) is 4.99. The van der Waals surface area contributed by atoms with Crippen molar-refractivity contribution in [1.29, 1.82) is 0 Å². The molecule has 1 heterocycles. The molecule has 2 amide bonds. The number of carboxylic acids is 1. The lowest BCUT2D eigenvalue weighted by Gasteiger charge is -2.14. The summed E-state index contributed by atoms with van der Waals surface area (Å²) in [4.78, 5) is 22.8. The molecule has 1 aliphatic heterocycles. The maximum absolute atomic E-state index is 11.8. The van der Waals surface area contributed by atoms with E-state index in [-0.39, 0.29) is 11.7 Å². The fraction of sp³-hybridized carbons (Fsp3) is 0.429. The first-order valence-electron chi connectivity index (χ1n) is 6.68. The monoisotopic (exact) mass is 294 g/mol. The third-order valence-electron chi connectivity index (χ3n) is 3.21. The predicted molar refractivity (Wildman–Crippen MR) is 75.9 cm³/mol. The first-order chi connectivity index (χ1) is 10.1. The van der Waals surface area contributed by atoms with Crippen LogP contribution in [0.1, 0.15) is 23.2 Å². The number of hydrogen-bond acceptors (Lipinski definition) is 4. The van der Waals surface area contributed by atoms with Crippen molar-refractivity contribution in [2.45, 2.75) is 18.9 Å². The Balaban J connectivity index is 1.97. The van der Waals surface area contributed by atoms with Crippen LogP contribution in [0, 0.1) is 0 Å². The van der Waals surface area contributed by atoms with Gasteiger partial charge in [-0.2, -0.15) is 0 Å². The van der Waals surface area contributed by atoms with Crippen LogP contribution >= 0.6 is 0 Å².